The van der Waals surface area contributed by atoms with Gasteiger partial charge < -0.3 is 5.11 Å². The Morgan fingerprint density at radius 2 is 0.909 bits per heavy atom. The average molecular weight is 951 g/mol. The van der Waals surface area contributed by atoms with Gasteiger partial charge in [0.15, 0.2) is 40.6 Å². The minimum Gasteiger partial charge on any atom is -0.383 e. The Balaban J connectivity index is 0.870. The molecular weight excluding hydrogens is 917 g/mol. The van der Waals surface area contributed by atoms with Gasteiger partial charge >= 0.3 is 0 Å². The van der Waals surface area contributed by atoms with E-state index in [1.165, 1.54) is 76.1 Å². The number of Topliss-reactive ketones (excluding diaryl/α,β-unsaturated/α-hetero) is 3. The zero-order chi connectivity index (χ0) is 44.7. The number of aliphatic hydroxyl groups excluding tert-OH is 1. The summed E-state index contributed by atoms with van der Waals surface area (Å²) in [6, 6.07) is 14.9. The highest BCUT2D eigenvalue weighted by atomic mass is 32.1. The van der Waals surface area contributed by atoms with Crippen LogP contribution in [-0.2, 0) is 10.8 Å². The van der Waals surface area contributed by atoms with Gasteiger partial charge in [0.25, 0.3) is 0 Å². The maximum absolute atomic E-state index is 14.2. The number of carbonyl (C=O) groups excluding carboxylic acids is 3. The molecule has 2 fully saturated rings. The van der Waals surface area contributed by atoms with E-state index in [0.29, 0.717) is 32.7 Å². The second kappa shape index (κ2) is 13.6. The molecule has 8 aromatic rings. The first-order valence-electron chi connectivity index (χ1n) is 22.4. The molecule has 0 saturated heterocycles. The van der Waals surface area contributed by atoms with Crippen molar-refractivity contribution in [3.63, 3.8) is 0 Å². The van der Waals surface area contributed by atoms with Gasteiger partial charge in [-0.3, -0.25) is 14.4 Å². The van der Waals surface area contributed by atoms with Crippen LogP contribution < -0.4 is 0 Å². The molecule has 66 heavy (non-hydrogen) atoms. The minimum absolute atomic E-state index is 0.0720. The Hall–Kier alpha value is -5.37. The Labute approximate surface area is 390 Å². The third-order valence-electron chi connectivity index (χ3n) is 15.6. The van der Waals surface area contributed by atoms with Crippen LogP contribution in [0.15, 0.2) is 71.8 Å². The van der Waals surface area contributed by atoms with Gasteiger partial charge in [0.1, 0.15) is 6.10 Å². The van der Waals surface area contributed by atoms with Gasteiger partial charge in [-0.2, -0.15) is 0 Å². The summed E-state index contributed by atoms with van der Waals surface area (Å²) in [4.78, 5) is 48.4. The second-order valence-corrected chi connectivity index (χ2v) is 23.2. The fourth-order valence-corrected chi connectivity index (χ4v) is 18.6. The molecule has 1 unspecified atom stereocenters. The molecule has 2 spiro atoms. The molecule has 4 heterocycles. The van der Waals surface area contributed by atoms with Crippen LogP contribution >= 0.6 is 45.3 Å². The van der Waals surface area contributed by atoms with Crippen LogP contribution in [0.25, 0.3) is 62.6 Å². The first-order chi connectivity index (χ1) is 31.9. The Morgan fingerprint density at radius 3 is 1.38 bits per heavy atom. The van der Waals surface area contributed by atoms with Crippen LogP contribution in [0.4, 0.5) is 17.6 Å². The summed E-state index contributed by atoms with van der Waals surface area (Å²) in [5.74, 6) is -5.09. The Morgan fingerprint density at radius 1 is 0.485 bits per heavy atom. The lowest BCUT2D eigenvalue weighted by Gasteiger charge is -2.35. The lowest BCUT2D eigenvalue weighted by molar-refractivity contribution is 0.0986. The molecule has 0 amide bonds. The largest absolute Gasteiger partial charge is 0.383 e. The van der Waals surface area contributed by atoms with Gasteiger partial charge in [0.05, 0.1) is 24.7 Å². The highest BCUT2D eigenvalue weighted by Gasteiger charge is 2.53. The van der Waals surface area contributed by atoms with Gasteiger partial charge in [0.2, 0.25) is 0 Å². The van der Waals surface area contributed by atoms with E-state index in [-0.39, 0.29) is 38.9 Å². The number of thiophene rings is 4. The molecular formula is C54H34F4O4S4. The number of allylic oxidation sites excluding steroid dienone is 1. The summed E-state index contributed by atoms with van der Waals surface area (Å²) in [5.41, 5.74) is 6.57. The number of ketones is 3. The molecule has 6 aliphatic rings. The zero-order valence-corrected chi connectivity index (χ0v) is 38.2. The number of carbonyl (C=O) groups is 3. The van der Waals surface area contributed by atoms with Crippen LogP contribution in [0.5, 0.6) is 0 Å². The number of benzene rings is 4. The second-order valence-electron chi connectivity index (χ2n) is 19.0. The van der Waals surface area contributed by atoms with Crippen molar-refractivity contribution in [3.05, 3.63) is 149 Å². The molecule has 326 valence electrons. The Kier molecular flexibility index (Phi) is 8.21. The number of fused-ring (bicyclic) bond motifs is 17. The van der Waals surface area contributed by atoms with E-state index >= 15 is 0 Å². The van der Waals surface area contributed by atoms with Crippen molar-refractivity contribution in [2.75, 3.05) is 0 Å². The van der Waals surface area contributed by atoms with Crippen molar-refractivity contribution in [1.29, 1.82) is 0 Å². The van der Waals surface area contributed by atoms with E-state index in [0.717, 1.165) is 85.4 Å². The first kappa shape index (κ1) is 39.8. The topological polar surface area (TPSA) is 71.4 Å². The maximum atomic E-state index is 14.2. The summed E-state index contributed by atoms with van der Waals surface area (Å²) in [7, 11) is 0. The predicted octanol–water partition coefficient (Wildman–Crippen LogP) is 15.2. The van der Waals surface area contributed by atoms with E-state index < -0.39 is 40.9 Å². The molecule has 2 saturated carbocycles. The van der Waals surface area contributed by atoms with Crippen LogP contribution in [-0.4, -0.2) is 22.5 Å². The van der Waals surface area contributed by atoms with E-state index in [1.807, 2.05) is 28.7 Å². The van der Waals surface area contributed by atoms with Gasteiger partial charge in [-0.15, -0.1) is 45.3 Å². The molecule has 0 radical (unpaired) electrons. The SMILES string of the molecule is O=C1C(=Cc2cc3c(s2)-c2sc4c5c(sc4c2C32CCCCC2)-c2sc(/C=C3\C(=O)c4cc6cc(F)c(F)cc6cc4C3O)cc2C52CCCCC2)C(=O)c2cc3cc(F)c(F)cc3cc21. The number of aliphatic hydroxyl groups is 1. The van der Waals surface area contributed by atoms with Crippen LogP contribution in [0.3, 0.4) is 0 Å². The molecule has 6 aliphatic carbocycles. The zero-order valence-electron chi connectivity index (χ0n) is 34.9. The minimum atomic E-state index is -1.18. The van der Waals surface area contributed by atoms with Crippen molar-refractivity contribution in [2.24, 2.45) is 0 Å². The quantitative estimate of drug-likeness (QED) is 0.106. The monoisotopic (exact) mass is 950 g/mol. The molecule has 4 aromatic carbocycles. The fourth-order valence-electron chi connectivity index (χ4n) is 12.6. The summed E-state index contributed by atoms with van der Waals surface area (Å²) in [6.45, 7) is 0. The van der Waals surface area contributed by atoms with E-state index in [9.17, 15) is 37.1 Å². The van der Waals surface area contributed by atoms with Gasteiger partial charge in [-0.05, 0) is 137 Å². The van der Waals surface area contributed by atoms with Crippen molar-refractivity contribution in [1.82, 2.24) is 0 Å². The average Bonchev–Trinajstić information content (AvgIpc) is 4.19. The van der Waals surface area contributed by atoms with Crippen LogP contribution in [0.1, 0.15) is 139 Å². The van der Waals surface area contributed by atoms with E-state index in [1.54, 1.807) is 40.9 Å². The number of hydrogen-bond acceptors (Lipinski definition) is 8. The van der Waals surface area contributed by atoms with Crippen molar-refractivity contribution in [2.45, 2.75) is 81.1 Å². The van der Waals surface area contributed by atoms with E-state index in [4.69, 9.17) is 0 Å². The van der Waals surface area contributed by atoms with Crippen LogP contribution in [0.2, 0.25) is 0 Å². The lowest BCUT2D eigenvalue weighted by atomic mass is 9.67. The highest BCUT2D eigenvalue weighted by molar-refractivity contribution is 7.34. The molecule has 12 heteroatoms. The van der Waals surface area contributed by atoms with E-state index in [2.05, 4.69) is 12.1 Å². The maximum Gasteiger partial charge on any atom is 0.197 e. The summed E-state index contributed by atoms with van der Waals surface area (Å²) >= 11 is 7.12. The fraction of sp³-hybridized carbons (Fsp3) is 0.241. The van der Waals surface area contributed by atoms with Gasteiger partial charge in [-0.1, -0.05) is 38.5 Å². The standard InChI is InChI=1S/C54H34F4O4S4/c55-37-15-23-11-29-30(12-24(23)16-38(37)56)44(60)33(43(29)59)19-27-21-35-47(63-27)49-41(53(35)7-3-1-4-8-53)51-52(65-49)42-50(66-51)48-36(54(42)9-5-2-6-10-54)22-28(64-48)20-34-45(61)31-13-25-17-39(57)40(58)18-26(25)14-32(31)46(34)62/h11-22,43,59H,1-10H2/b33-19-. The van der Waals surface area contributed by atoms with Crippen molar-refractivity contribution < 1.29 is 37.1 Å². The lowest BCUT2D eigenvalue weighted by Crippen LogP contribution is -2.28. The number of halogens is 4. The van der Waals surface area contributed by atoms with Gasteiger partial charge in [-0.25, -0.2) is 17.6 Å². The molecule has 0 bridgehead atoms. The number of rotatable bonds is 2. The molecule has 4 nitrogen and oxygen atoms in total. The summed E-state index contributed by atoms with van der Waals surface area (Å²) in [5, 5.41) is 13.1. The predicted molar refractivity (Wildman–Crippen MR) is 256 cm³/mol. The number of hydrogen-bond donors (Lipinski definition) is 1. The first-order valence-corrected chi connectivity index (χ1v) is 25.7. The molecule has 14 rings (SSSR count). The normalized spacial score (nSPS) is 20.4. The molecule has 1 N–H and O–H groups in total. The van der Waals surface area contributed by atoms with Crippen LogP contribution in [0, 0.1) is 23.3 Å². The van der Waals surface area contributed by atoms with Gasteiger partial charge in [0, 0.05) is 63.7 Å². The van der Waals surface area contributed by atoms with Crippen molar-refractivity contribution in [3.8, 4) is 19.5 Å². The molecule has 0 aliphatic heterocycles. The summed E-state index contributed by atoms with van der Waals surface area (Å²) in [6.07, 6.45) is 13.2. The molecule has 4 aromatic heterocycles. The third kappa shape index (κ3) is 5.14. The third-order valence-corrected chi connectivity index (χ3v) is 20.6. The highest BCUT2D eigenvalue weighted by Crippen LogP contribution is 2.69. The molecule has 1 atom stereocenters. The van der Waals surface area contributed by atoms with Crippen molar-refractivity contribution >= 4 is 106 Å². The smallest absolute Gasteiger partial charge is 0.197 e. The Bertz CT molecular complexity index is 3630. The summed E-state index contributed by atoms with van der Waals surface area (Å²) < 4.78 is 59.3.